The van der Waals surface area contributed by atoms with Crippen LogP contribution in [0.2, 0.25) is 0 Å². The van der Waals surface area contributed by atoms with Gasteiger partial charge in [-0.1, -0.05) is 12.1 Å². The van der Waals surface area contributed by atoms with Crippen molar-refractivity contribution in [3.8, 4) is 5.75 Å². The summed E-state index contributed by atoms with van der Waals surface area (Å²) in [6.45, 7) is 3.48. The zero-order valence-electron chi connectivity index (χ0n) is 17.1. The molecule has 0 spiro atoms. The van der Waals surface area contributed by atoms with Crippen LogP contribution in [0.1, 0.15) is 34.6 Å². The van der Waals surface area contributed by atoms with Crippen LogP contribution in [0.15, 0.2) is 51.7 Å². The second-order valence-electron chi connectivity index (χ2n) is 7.52. The third-order valence-electron chi connectivity index (χ3n) is 5.22. The second-order valence-corrected chi connectivity index (χ2v) is 7.52. The van der Waals surface area contributed by atoms with Gasteiger partial charge in [-0.05, 0) is 56.9 Å². The van der Waals surface area contributed by atoms with Gasteiger partial charge in [0.1, 0.15) is 17.1 Å². The summed E-state index contributed by atoms with van der Waals surface area (Å²) in [4.78, 5) is 30.1. The Bertz CT molecular complexity index is 1150. The molecule has 0 saturated heterocycles. The lowest BCUT2D eigenvalue weighted by atomic mass is 9.98. The monoisotopic (exact) mass is 410 g/mol. The van der Waals surface area contributed by atoms with Gasteiger partial charge in [0.15, 0.2) is 5.43 Å². The number of ether oxygens (including phenoxy) is 1. The van der Waals surface area contributed by atoms with E-state index in [1.807, 2.05) is 50.2 Å². The molecule has 1 aliphatic rings. The Morgan fingerprint density at radius 2 is 1.87 bits per heavy atom. The van der Waals surface area contributed by atoms with Gasteiger partial charge in [0, 0.05) is 13.1 Å². The molecule has 1 amide bonds. The first-order valence-corrected chi connectivity index (χ1v) is 9.85. The van der Waals surface area contributed by atoms with Crippen molar-refractivity contribution in [2.45, 2.75) is 13.0 Å². The maximum atomic E-state index is 13.8. The molecule has 0 bridgehead atoms. The molecule has 0 fully saturated rings. The van der Waals surface area contributed by atoms with Crippen molar-refractivity contribution in [1.82, 2.24) is 9.80 Å². The molecule has 6 nitrogen and oxygen atoms in total. The van der Waals surface area contributed by atoms with Crippen LogP contribution in [0, 0.1) is 5.82 Å². The summed E-state index contributed by atoms with van der Waals surface area (Å²) in [5.41, 5.74) is 0.840. The van der Waals surface area contributed by atoms with E-state index in [-0.39, 0.29) is 33.6 Å². The minimum atomic E-state index is -0.605. The van der Waals surface area contributed by atoms with E-state index < -0.39 is 11.9 Å². The molecule has 156 valence electrons. The number of halogens is 1. The number of amides is 1. The quantitative estimate of drug-likeness (QED) is 0.623. The van der Waals surface area contributed by atoms with E-state index in [2.05, 4.69) is 0 Å². The van der Waals surface area contributed by atoms with E-state index in [9.17, 15) is 14.0 Å². The van der Waals surface area contributed by atoms with Gasteiger partial charge in [-0.25, -0.2) is 4.39 Å². The summed E-state index contributed by atoms with van der Waals surface area (Å²) in [5, 5.41) is 0.131. The number of carbonyl (C=O) groups is 1. The second kappa shape index (κ2) is 7.91. The molecule has 1 aromatic heterocycles. The summed E-state index contributed by atoms with van der Waals surface area (Å²) in [6.07, 6.45) is 0. The van der Waals surface area contributed by atoms with Crippen LogP contribution in [0.5, 0.6) is 5.75 Å². The molecule has 0 saturated carbocycles. The minimum Gasteiger partial charge on any atom is -0.494 e. The first kappa shape index (κ1) is 20.1. The molecule has 1 atom stereocenters. The lowest BCUT2D eigenvalue weighted by Gasteiger charge is -2.26. The highest BCUT2D eigenvalue weighted by Gasteiger charge is 2.42. The van der Waals surface area contributed by atoms with Crippen LogP contribution >= 0.6 is 0 Å². The highest BCUT2D eigenvalue weighted by atomic mass is 19.1. The number of hydrogen-bond acceptors (Lipinski definition) is 5. The predicted octanol–water partition coefficient (Wildman–Crippen LogP) is 3.44. The first-order valence-electron chi connectivity index (χ1n) is 9.85. The molecule has 0 N–H and O–H groups in total. The highest BCUT2D eigenvalue weighted by Crippen LogP contribution is 2.38. The lowest BCUT2D eigenvalue weighted by Crippen LogP contribution is -2.35. The molecular formula is C23H23FN2O4. The van der Waals surface area contributed by atoms with Crippen molar-refractivity contribution in [1.29, 1.82) is 0 Å². The fourth-order valence-electron chi connectivity index (χ4n) is 3.79. The number of fused-ring (bicyclic) bond motifs is 2. The van der Waals surface area contributed by atoms with Gasteiger partial charge in [0.25, 0.3) is 5.91 Å². The molecule has 2 heterocycles. The number of nitrogens with zero attached hydrogens (tertiary/aromatic N) is 2. The van der Waals surface area contributed by atoms with E-state index in [1.54, 1.807) is 4.90 Å². The maximum absolute atomic E-state index is 13.8. The van der Waals surface area contributed by atoms with Gasteiger partial charge in [-0.3, -0.25) is 9.59 Å². The normalized spacial score (nSPS) is 15.8. The summed E-state index contributed by atoms with van der Waals surface area (Å²) < 4.78 is 25.1. The number of hydrogen-bond donors (Lipinski definition) is 0. The lowest BCUT2D eigenvalue weighted by molar-refractivity contribution is 0.0716. The Labute approximate surface area is 173 Å². The third-order valence-corrected chi connectivity index (χ3v) is 5.22. The fraction of sp³-hybridized carbons (Fsp3) is 0.304. The summed E-state index contributed by atoms with van der Waals surface area (Å²) >= 11 is 0. The molecule has 1 aliphatic heterocycles. The van der Waals surface area contributed by atoms with Crippen LogP contribution in [-0.4, -0.2) is 49.5 Å². The van der Waals surface area contributed by atoms with Crippen LogP contribution in [0.3, 0.4) is 0 Å². The topological polar surface area (TPSA) is 63.0 Å². The summed E-state index contributed by atoms with van der Waals surface area (Å²) in [5.74, 6) is -0.134. The maximum Gasteiger partial charge on any atom is 0.290 e. The smallest absolute Gasteiger partial charge is 0.290 e. The SMILES string of the molecule is CCOc1ccc(C2c3c(oc4ccc(F)cc4c3=O)C(=O)N2CCN(C)C)cc1. The minimum absolute atomic E-state index is 0.0248. The van der Waals surface area contributed by atoms with Crippen LogP contribution in [-0.2, 0) is 0 Å². The van der Waals surface area contributed by atoms with Gasteiger partial charge < -0.3 is 19.0 Å². The van der Waals surface area contributed by atoms with Gasteiger partial charge in [-0.15, -0.1) is 0 Å². The zero-order chi connectivity index (χ0) is 21.4. The molecule has 1 unspecified atom stereocenters. The number of benzene rings is 2. The average molecular weight is 410 g/mol. The highest BCUT2D eigenvalue weighted by molar-refractivity contribution is 5.99. The Kier molecular flexibility index (Phi) is 5.30. The Hall–Kier alpha value is -3.19. The van der Waals surface area contributed by atoms with Gasteiger partial charge in [0.05, 0.1) is 23.6 Å². The average Bonchev–Trinajstić information content (AvgIpc) is 3.00. The number of likely N-dealkylation sites (N-methyl/N-ethyl adjacent to an activating group) is 1. The standard InChI is InChI=1S/C23H23FN2O4/c1-4-29-16-8-5-14(6-9-16)20-19-21(27)17-13-15(24)7-10-18(17)30-22(19)23(28)26(20)12-11-25(2)3/h5-10,13,20H,4,11-12H2,1-3H3. The van der Waals surface area contributed by atoms with Crippen molar-refractivity contribution in [3.63, 3.8) is 0 Å². The first-order chi connectivity index (χ1) is 14.4. The third kappa shape index (κ3) is 3.45. The largest absolute Gasteiger partial charge is 0.494 e. The molecule has 4 rings (SSSR count). The van der Waals surface area contributed by atoms with E-state index in [4.69, 9.17) is 9.15 Å². The molecule has 2 aromatic carbocycles. The van der Waals surface area contributed by atoms with E-state index in [0.717, 1.165) is 11.6 Å². The van der Waals surface area contributed by atoms with Crippen molar-refractivity contribution in [3.05, 3.63) is 75.4 Å². The summed E-state index contributed by atoms with van der Waals surface area (Å²) in [7, 11) is 3.83. The molecule has 0 aliphatic carbocycles. The zero-order valence-corrected chi connectivity index (χ0v) is 17.1. The molecule has 30 heavy (non-hydrogen) atoms. The van der Waals surface area contributed by atoms with Crippen molar-refractivity contribution < 1.29 is 18.3 Å². The fourth-order valence-corrected chi connectivity index (χ4v) is 3.79. The molecule has 7 heteroatoms. The van der Waals surface area contributed by atoms with Crippen molar-refractivity contribution >= 4 is 16.9 Å². The van der Waals surface area contributed by atoms with Crippen LogP contribution in [0.25, 0.3) is 11.0 Å². The van der Waals surface area contributed by atoms with Crippen molar-refractivity contribution in [2.24, 2.45) is 0 Å². The van der Waals surface area contributed by atoms with Gasteiger partial charge in [-0.2, -0.15) is 0 Å². The van der Waals surface area contributed by atoms with E-state index in [1.165, 1.54) is 12.1 Å². The molecular weight excluding hydrogens is 387 g/mol. The predicted molar refractivity (Wildman–Crippen MR) is 111 cm³/mol. The van der Waals surface area contributed by atoms with Crippen molar-refractivity contribution in [2.75, 3.05) is 33.8 Å². The van der Waals surface area contributed by atoms with E-state index in [0.29, 0.717) is 25.4 Å². The van der Waals surface area contributed by atoms with E-state index >= 15 is 0 Å². The molecule has 3 aromatic rings. The van der Waals surface area contributed by atoms with Crippen LogP contribution in [0.4, 0.5) is 4.39 Å². The van der Waals surface area contributed by atoms with Gasteiger partial charge in [0.2, 0.25) is 5.76 Å². The Morgan fingerprint density at radius 1 is 1.13 bits per heavy atom. The molecule has 0 radical (unpaired) electrons. The summed E-state index contributed by atoms with van der Waals surface area (Å²) in [6, 6.07) is 10.5. The number of rotatable bonds is 6. The van der Waals surface area contributed by atoms with Gasteiger partial charge >= 0.3 is 0 Å². The Balaban J connectivity index is 1.88. The van der Waals surface area contributed by atoms with Crippen LogP contribution < -0.4 is 10.2 Å². The number of carbonyl (C=O) groups excluding carboxylic acids is 1. The Morgan fingerprint density at radius 3 is 2.53 bits per heavy atom.